The number of rotatable bonds is 13. The van der Waals surface area contributed by atoms with Crippen molar-refractivity contribution in [1.29, 1.82) is 0 Å². The van der Waals surface area contributed by atoms with Gasteiger partial charge in [0.25, 0.3) is 5.91 Å². The molecule has 1 amide bonds. The average Bonchev–Trinajstić information content (AvgIpc) is 2.75. The molecule has 1 N–H and O–H groups in total. The first-order valence-corrected chi connectivity index (χ1v) is 10.2. The molecule has 7 heteroatoms. The number of nitrogens with one attached hydrogen (secondary N) is 1. The minimum absolute atomic E-state index is 0.169. The Hall–Kier alpha value is -3.22. The van der Waals surface area contributed by atoms with Crippen molar-refractivity contribution in [2.45, 2.75) is 53.1 Å². The lowest BCUT2D eigenvalue weighted by Gasteiger charge is -2.26. The van der Waals surface area contributed by atoms with Crippen LogP contribution in [0.25, 0.3) is 0 Å². The van der Waals surface area contributed by atoms with Crippen LogP contribution in [0.3, 0.4) is 0 Å². The molecule has 1 aromatic rings. The fraction of sp³-hybridized carbons (Fsp3) is 0.417. The molecule has 0 fully saturated rings. The lowest BCUT2D eigenvalue weighted by Crippen LogP contribution is -2.42. The zero-order chi connectivity index (χ0) is 23.6. The van der Waals surface area contributed by atoms with Crippen molar-refractivity contribution in [3.8, 4) is 0 Å². The molecule has 1 rings (SSSR count). The summed E-state index contributed by atoms with van der Waals surface area (Å²) in [6.45, 7) is 11.9. The van der Waals surface area contributed by atoms with E-state index in [1.165, 1.54) is 18.9 Å². The van der Waals surface area contributed by atoms with Crippen molar-refractivity contribution < 1.29 is 23.9 Å². The van der Waals surface area contributed by atoms with Gasteiger partial charge in [-0.2, -0.15) is 0 Å². The van der Waals surface area contributed by atoms with Gasteiger partial charge in [0.2, 0.25) is 0 Å². The number of allylic oxidation sites excluding steroid dienone is 2. The van der Waals surface area contributed by atoms with E-state index >= 15 is 0 Å². The van der Waals surface area contributed by atoms with E-state index in [1.54, 1.807) is 18.2 Å². The monoisotopic (exact) mass is 428 g/mol. The Labute approximate surface area is 184 Å². The van der Waals surface area contributed by atoms with Gasteiger partial charge in [0.1, 0.15) is 6.29 Å². The molecular weight excluding hydrogens is 396 g/mol. The number of ether oxygens (including phenoxy) is 1. The van der Waals surface area contributed by atoms with Crippen LogP contribution < -0.4 is 5.32 Å². The van der Waals surface area contributed by atoms with Gasteiger partial charge < -0.3 is 19.7 Å². The Balaban J connectivity index is 3.12. The SMILES string of the molecule is C=C(NCc1cccc(C(=O)N(C)C(CCC=O)C(C)=O)c1C=O)/C(C)=C(\C)OCC. The second-order valence-electron chi connectivity index (χ2n) is 7.23. The van der Waals surface area contributed by atoms with Gasteiger partial charge in [-0.15, -0.1) is 0 Å². The Morgan fingerprint density at radius 2 is 1.90 bits per heavy atom. The zero-order valence-corrected chi connectivity index (χ0v) is 19.0. The Morgan fingerprint density at radius 1 is 1.23 bits per heavy atom. The predicted molar refractivity (Wildman–Crippen MR) is 120 cm³/mol. The number of amides is 1. The van der Waals surface area contributed by atoms with E-state index in [2.05, 4.69) is 11.9 Å². The van der Waals surface area contributed by atoms with Gasteiger partial charge in [-0.05, 0) is 45.7 Å². The third kappa shape index (κ3) is 6.91. The van der Waals surface area contributed by atoms with Crippen LogP contribution in [0.5, 0.6) is 0 Å². The molecule has 0 bridgehead atoms. The number of ketones is 1. The summed E-state index contributed by atoms with van der Waals surface area (Å²) in [7, 11) is 1.51. The number of hydrogen-bond acceptors (Lipinski definition) is 6. The summed E-state index contributed by atoms with van der Waals surface area (Å²) in [5.41, 5.74) is 2.60. The maximum absolute atomic E-state index is 13.1. The lowest BCUT2D eigenvalue weighted by atomic mass is 9.99. The van der Waals surface area contributed by atoms with Crippen LogP contribution in [-0.2, 0) is 20.9 Å². The van der Waals surface area contributed by atoms with Crippen molar-refractivity contribution in [3.63, 3.8) is 0 Å². The van der Waals surface area contributed by atoms with Crippen LogP contribution in [0, 0.1) is 0 Å². The smallest absolute Gasteiger partial charge is 0.254 e. The zero-order valence-electron chi connectivity index (χ0n) is 19.0. The predicted octanol–water partition coefficient (Wildman–Crippen LogP) is 3.44. The number of Topliss-reactive ketones (excluding diaryl/α,β-unsaturated/α-hetero) is 1. The molecule has 0 aliphatic heterocycles. The number of likely N-dealkylation sites (N-methyl/N-ethyl adjacent to an activating group) is 1. The molecule has 168 valence electrons. The summed E-state index contributed by atoms with van der Waals surface area (Å²) in [6.07, 6.45) is 1.77. The largest absolute Gasteiger partial charge is 0.498 e. The third-order valence-corrected chi connectivity index (χ3v) is 5.19. The quantitative estimate of drug-likeness (QED) is 0.294. The number of hydrogen-bond donors (Lipinski definition) is 1. The van der Waals surface area contributed by atoms with Gasteiger partial charge >= 0.3 is 0 Å². The lowest BCUT2D eigenvalue weighted by molar-refractivity contribution is -0.121. The molecule has 1 aromatic carbocycles. The molecule has 1 unspecified atom stereocenters. The molecule has 7 nitrogen and oxygen atoms in total. The average molecular weight is 429 g/mol. The molecule has 0 heterocycles. The van der Waals surface area contributed by atoms with Crippen molar-refractivity contribution in [2.75, 3.05) is 13.7 Å². The van der Waals surface area contributed by atoms with Crippen LogP contribution in [0.4, 0.5) is 0 Å². The molecule has 0 spiro atoms. The van der Waals surface area contributed by atoms with E-state index in [0.29, 0.717) is 30.4 Å². The highest BCUT2D eigenvalue weighted by Gasteiger charge is 2.26. The van der Waals surface area contributed by atoms with Crippen molar-refractivity contribution >= 4 is 24.3 Å². The van der Waals surface area contributed by atoms with Crippen LogP contribution in [-0.4, -0.2) is 48.9 Å². The van der Waals surface area contributed by atoms with Crippen LogP contribution in [0.2, 0.25) is 0 Å². The van der Waals surface area contributed by atoms with E-state index < -0.39 is 11.9 Å². The van der Waals surface area contributed by atoms with Crippen LogP contribution in [0.15, 0.2) is 41.8 Å². The van der Waals surface area contributed by atoms with Gasteiger partial charge in [0.05, 0.1) is 24.0 Å². The van der Waals surface area contributed by atoms with Gasteiger partial charge in [-0.25, -0.2) is 0 Å². The van der Waals surface area contributed by atoms with E-state index in [-0.39, 0.29) is 36.3 Å². The number of carbonyl (C=O) groups excluding carboxylic acids is 4. The highest BCUT2D eigenvalue weighted by molar-refractivity contribution is 6.03. The van der Waals surface area contributed by atoms with Gasteiger partial charge in [-0.1, -0.05) is 18.7 Å². The fourth-order valence-corrected chi connectivity index (χ4v) is 3.19. The van der Waals surface area contributed by atoms with E-state index in [0.717, 1.165) is 11.3 Å². The topological polar surface area (TPSA) is 92.8 Å². The fourth-order valence-electron chi connectivity index (χ4n) is 3.19. The van der Waals surface area contributed by atoms with Crippen molar-refractivity contribution in [2.24, 2.45) is 0 Å². The van der Waals surface area contributed by atoms with Crippen LogP contribution >= 0.6 is 0 Å². The minimum Gasteiger partial charge on any atom is -0.498 e. The number of carbonyl (C=O) groups is 4. The van der Waals surface area contributed by atoms with Gasteiger partial charge in [-0.3, -0.25) is 14.4 Å². The van der Waals surface area contributed by atoms with E-state index in [4.69, 9.17) is 4.74 Å². The Kier molecular flexibility index (Phi) is 10.4. The highest BCUT2D eigenvalue weighted by Crippen LogP contribution is 2.19. The number of aldehydes is 2. The molecule has 0 aliphatic rings. The Bertz CT molecular complexity index is 873. The first-order valence-electron chi connectivity index (χ1n) is 10.2. The normalized spacial score (nSPS) is 12.3. The molecule has 0 aromatic heterocycles. The number of nitrogens with zero attached hydrogens (tertiary/aromatic N) is 1. The Morgan fingerprint density at radius 3 is 2.45 bits per heavy atom. The summed E-state index contributed by atoms with van der Waals surface area (Å²) >= 11 is 0. The van der Waals surface area contributed by atoms with E-state index in [1.807, 2.05) is 20.8 Å². The highest BCUT2D eigenvalue weighted by atomic mass is 16.5. The third-order valence-electron chi connectivity index (χ3n) is 5.19. The van der Waals surface area contributed by atoms with Crippen molar-refractivity contribution in [3.05, 3.63) is 58.5 Å². The molecule has 0 radical (unpaired) electrons. The molecule has 0 aliphatic carbocycles. The maximum Gasteiger partial charge on any atom is 0.254 e. The maximum atomic E-state index is 13.1. The van der Waals surface area contributed by atoms with Gasteiger partial charge in [0, 0.05) is 36.8 Å². The van der Waals surface area contributed by atoms with Crippen LogP contribution in [0.1, 0.15) is 66.8 Å². The summed E-state index contributed by atoms with van der Waals surface area (Å²) in [5, 5.41) is 3.17. The molecule has 0 saturated carbocycles. The molecule has 0 saturated heterocycles. The van der Waals surface area contributed by atoms with Gasteiger partial charge in [0.15, 0.2) is 12.1 Å². The van der Waals surface area contributed by atoms with Crippen molar-refractivity contribution in [1.82, 2.24) is 10.2 Å². The molecule has 1 atom stereocenters. The number of benzene rings is 1. The summed E-state index contributed by atoms with van der Waals surface area (Å²) in [4.78, 5) is 48.9. The first kappa shape index (κ1) is 25.8. The summed E-state index contributed by atoms with van der Waals surface area (Å²) in [6, 6.07) is 4.27. The molecule has 31 heavy (non-hydrogen) atoms. The first-order chi connectivity index (χ1) is 14.7. The summed E-state index contributed by atoms with van der Waals surface area (Å²) in [5.74, 6) is 0.0929. The minimum atomic E-state index is -0.729. The molecular formula is C24H32N2O5. The standard InChI is InChI=1S/C24H32N2O5/c1-7-31-19(5)16(2)17(3)25-14-20-10-8-11-21(22(20)15-28)24(30)26(6)23(18(4)29)12-9-13-27/h8,10-11,13,15,23,25H,3,7,9,12,14H2,1-2,4-6H3/b19-16+. The second kappa shape index (κ2) is 12.5. The van der Waals surface area contributed by atoms with E-state index in [9.17, 15) is 19.2 Å². The summed E-state index contributed by atoms with van der Waals surface area (Å²) < 4.78 is 5.49. The second-order valence-corrected chi connectivity index (χ2v) is 7.23.